The van der Waals surface area contributed by atoms with E-state index in [9.17, 15) is 4.79 Å². The van der Waals surface area contributed by atoms with Crippen LogP contribution in [0.2, 0.25) is 0 Å². The molecule has 3 unspecified atom stereocenters. The van der Waals surface area contributed by atoms with E-state index in [0.29, 0.717) is 11.9 Å². The van der Waals surface area contributed by atoms with Gasteiger partial charge in [-0.3, -0.25) is 4.79 Å². The second-order valence-corrected chi connectivity index (χ2v) is 6.95. The van der Waals surface area contributed by atoms with Crippen molar-refractivity contribution >= 4 is 17.7 Å². The number of hydrogen-bond donors (Lipinski definition) is 1. The predicted octanol–water partition coefficient (Wildman–Crippen LogP) is 2.26. The van der Waals surface area contributed by atoms with Gasteiger partial charge in [0.25, 0.3) is 0 Å². The van der Waals surface area contributed by atoms with Crippen molar-refractivity contribution in [3.05, 3.63) is 0 Å². The second-order valence-electron chi connectivity index (χ2n) is 5.37. The lowest BCUT2D eigenvalue weighted by molar-refractivity contribution is -0.131. The quantitative estimate of drug-likeness (QED) is 0.803. The summed E-state index contributed by atoms with van der Waals surface area (Å²) in [7, 11) is 0. The molecule has 2 rings (SSSR count). The van der Waals surface area contributed by atoms with Gasteiger partial charge in [-0.2, -0.15) is 11.8 Å². The molecule has 0 aromatic heterocycles. The third kappa shape index (κ3) is 3.21. The summed E-state index contributed by atoms with van der Waals surface area (Å²) in [6, 6.07) is 0.623. The van der Waals surface area contributed by atoms with E-state index in [0.717, 1.165) is 31.2 Å². The van der Waals surface area contributed by atoms with Gasteiger partial charge in [-0.25, -0.2) is 0 Å². The molecule has 1 saturated heterocycles. The summed E-state index contributed by atoms with van der Waals surface area (Å²) in [6.07, 6.45) is 5.82. The van der Waals surface area contributed by atoms with Gasteiger partial charge in [0, 0.05) is 17.8 Å². The molecule has 18 heavy (non-hydrogen) atoms. The van der Waals surface area contributed by atoms with Gasteiger partial charge in [0.05, 0.1) is 6.04 Å². The summed E-state index contributed by atoms with van der Waals surface area (Å²) < 4.78 is 0. The smallest absolute Gasteiger partial charge is 0.240 e. The zero-order valence-electron chi connectivity index (χ0n) is 11.7. The summed E-state index contributed by atoms with van der Waals surface area (Å²) in [5.41, 5.74) is 0. The van der Waals surface area contributed by atoms with E-state index in [-0.39, 0.29) is 6.04 Å². The van der Waals surface area contributed by atoms with E-state index < -0.39 is 0 Å². The number of hydrogen-bond acceptors (Lipinski definition) is 3. The van der Waals surface area contributed by atoms with Crippen LogP contribution in [0.1, 0.15) is 46.0 Å². The molecule has 1 aliphatic heterocycles. The Morgan fingerprint density at radius 3 is 2.89 bits per heavy atom. The van der Waals surface area contributed by atoms with Crippen LogP contribution in [-0.2, 0) is 4.79 Å². The van der Waals surface area contributed by atoms with E-state index in [1.807, 2.05) is 0 Å². The molecule has 1 amide bonds. The number of carbonyl (C=O) groups excluding carboxylic acids is 1. The standard InChI is InChI=1S/C14H26N2OS/c1-3-8-15-13-7-9-16(14(13)17)11-5-6-12(10-11)18-4-2/h11-13,15H,3-10H2,1-2H3. The number of nitrogens with one attached hydrogen (secondary N) is 1. The molecule has 1 saturated carbocycles. The van der Waals surface area contributed by atoms with Gasteiger partial charge >= 0.3 is 0 Å². The largest absolute Gasteiger partial charge is 0.338 e. The van der Waals surface area contributed by atoms with Crippen molar-refractivity contribution < 1.29 is 4.79 Å². The summed E-state index contributed by atoms with van der Waals surface area (Å²) >= 11 is 2.06. The molecule has 1 N–H and O–H groups in total. The van der Waals surface area contributed by atoms with Crippen LogP contribution in [0.15, 0.2) is 0 Å². The van der Waals surface area contributed by atoms with Crippen molar-refractivity contribution in [2.24, 2.45) is 0 Å². The van der Waals surface area contributed by atoms with E-state index in [1.165, 1.54) is 25.0 Å². The molecule has 2 fully saturated rings. The van der Waals surface area contributed by atoms with Crippen LogP contribution < -0.4 is 5.32 Å². The third-order valence-electron chi connectivity index (χ3n) is 4.08. The fourth-order valence-electron chi connectivity index (χ4n) is 3.16. The minimum Gasteiger partial charge on any atom is -0.338 e. The van der Waals surface area contributed by atoms with Gasteiger partial charge in [0.2, 0.25) is 5.91 Å². The Hall–Kier alpha value is -0.220. The highest BCUT2D eigenvalue weighted by Gasteiger charge is 2.38. The molecule has 0 aromatic rings. The maximum Gasteiger partial charge on any atom is 0.240 e. The number of carbonyl (C=O) groups is 1. The van der Waals surface area contributed by atoms with Gasteiger partial charge in [0.1, 0.15) is 0 Å². The van der Waals surface area contributed by atoms with Gasteiger partial charge in [-0.1, -0.05) is 13.8 Å². The molecule has 0 spiro atoms. The van der Waals surface area contributed by atoms with Gasteiger partial charge in [-0.05, 0) is 44.4 Å². The van der Waals surface area contributed by atoms with Crippen molar-refractivity contribution in [3.63, 3.8) is 0 Å². The first kappa shape index (κ1) is 14.2. The molecular weight excluding hydrogens is 244 g/mol. The molecule has 3 atom stereocenters. The van der Waals surface area contributed by atoms with Crippen LogP contribution in [0, 0.1) is 0 Å². The SMILES string of the molecule is CCCNC1CCN(C2CCC(SCC)C2)C1=O. The number of nitrogens with zero attached hydrogens (tertiary/aromatic N) is 1. The maximum atomic E-state index is 12.3. The van der Waals surface area contributed by atoms with Crippen molar-refractivity contribution in [1.82, 2.24) is 10.2 Å². The number of thioether (sulfide) groups is 1. The average molecular weight is 270 g/mol. The normalized spacial score (nSPS) is 32.4. The summed E-state index contributed by atoms with van der Waals surface area (Å²) in [5, 5.41) is 4.16. The predicted molar refractivity (Wildman–Crippen MR) is 78.0 cm³/mol. The number of amides is 1. The molecular formula is C14H26N2OS. The Kier molecular flexibility index (Phi) is 5.37. The minimum atomic E-state index is 0.0998. The Labute approximate surface area is 115 Å². The highest BCUT2D eigenvalue weighted by atomic mass is 32.2. The zero-order chi connectivity index (χ0) is 13.0. The van der Waals surface area contributed by atoms with Crippen LogP contribution >= 0.6 is 11.8 Å². The van der Waals surface area contributed by atoms with Gasteiger partial charge in [-0.15, -0.1) is 0 Å². The third-order valence-corrected chi connectivity index (χ3v) is 5.31. The average Bonchev–Trinajstić information content (AvgIpc) is 2.94. The Bertz CT molecular complexity index is 285. The number of likely N-dealkylation sites (tertiary alicyclic amines) is 1. The molecule has 0 bridgehead atoms. The lowest BCUT2D eigenvalue weighted by Gasteiger charge is -2.24. The van der Waals surface area contributed by atoms with Gasteiger partial charge < -0.3 is 10.2 Å². The van der Waals surface area contributed by atoms with Crippen LogP contribution in [0.25, 0.3) is 0 Å². The fraction of sp³-hybridized carbons (Fsp3) is 0.929. The Morgan fingerprint density at radius 2 is 2.17 bits per heavy atom. The van der Waals surface area contributed by atoms with Crippen molar-refractivity contribution in [2.75, 3.05) is 18.8 Å². The first-order valence-corrected chi connectivity index (χ1v) is 8.46. The summed E-state index contributed by atoms with van der Waals surface area (Å²) in [4.78, 5) is 14.5. The second kappa shape index (κ2) is 6.80. The van der Waals surface area contributed by atoms with Gasteiger partial charge in [0.15, 0.2) is 0 Å². The molecule has 1 heterocycles. The van der Waals surface area contributed by atoms with Crippen LogP contribution in [0.5, 0.6) is 0 Å². The molecule has 3 nitrogen and oxygen atoms in total. The topological polar surface area (TPSA) is 32.3 Å². The van der Waals surface area contributed by atoms with Crippen molar-refractivity contribution in [3.8, 4) is 0 Å². The maximum absolute atomic E-state index is 12.3. The summed E-state index contributed by atoms with van der Waals surface area (Å²) in [5.74, 6) is 1.56. The van der Waals surface area contributed by atoms with Crippen LogP contribution in [0.3, 0.4) is 0 Å². The number of rotatable bonds is 6. The molecule has 4 heteroatoms. The monoisotopic (exact) mass is 270 g/mol. The first-order chi connectivity index (χ1) is 8.76. The van der Waals surface area contributed by atoms with E-state index in [4.69, 9.17) is 0 Å². The van der Waals surface area contributed by atoms with E-state index >= 15 is 0 Å². The zero-order valence-corrected chi connectivity index (χ0v) is 12.5. The van der Waals surface area contributed by atoms with Crippen LogP contribution in [0.4, 0.5) is 0 Å². The van der Waals surface area contributed by atoms with Crippen molar-refractivity contribution in [1.29, 1.82) is 0 Å². The lowest BCUT2D eigenvalue weighted by atomic mass is 10.2. The molecule has 0 aromatic carbocycles. The highest BCUT2D eigenvalue weighted by molar-refractivity contribution is 7.99. The molecule has 2 aliphatic rings. The lowest BCUT2D eigenvalue weighted by Crippen LogP contribution is -2.42. The first-order valence-electron chi connectivity index (χ1n) is 7.41. The minimum absolute atomic E-state index is 0.0998. The van der Waals surface area contributed by atoms with E-state index in [1.54, 1.807) is 0 Å². The highest BCUT2D eigenvalue weighted by Crippen LogP contribution is 2.34. The summed E-state index contributed by atoms with van der Waals surface area (Å²) in [6.45, 7) is 6.30. The van der Waals surface area contributed by atoms with E-state index in [2.05, 4.69) is 35.8 Å². The Balaban J connectivity index is 1.82. The Morgan fingerprint density at radius 1 is 1.33 bits per heavy atom. The molecule has 0 radical (unpaired) electrons. The van der Waals surface area contributed by atoms with Crippen molar-refractivity contribution in [2.45, 2.75) is 63.3 Å². The fourth-order valence-corrected chi connectivity index (χ4v) is 4.29. The van der Waals surface area contributed by atoms with Crippen LogP contribution in [-0.4, -0.2) is 47.0 Å². The molecule has 104 valence electrons. The molecule has 1 aliphatic carbocycles.